The average Bonchev–Trinajstić information content (AvgIpc) is 2.63. The topological polar surface area (TPSA) is 49.9 Å². The fraction of sp³-hybridized carbons (Fsp3) is 0.333. The van der Waals surface area contributed by atoms with Crippen molar-refractivity contribution in [1.82, 2.24) is 4.31 Å². The first-order valence-electron chi connectivity index (χ1n) is 8.15. The zero-order valence-electron chi connectivity index (χ0n) is 13.8. The van der Waals surface area contributed by atoms with Gasteiger partial charge in [-0.25, -0.2) is 8.42 Å². The molecule has 1 heterocycles. The Morgan fingerprint density at radius 3 is 2.21 bits per heavy atom. The molecule has 0 radical (unpaired) electrons. The Morgan fingerprint density at radius 1 is 0.917 bits per heavy atom. The van der Waals surface area contributed by atoms with Gasteiger partial charge in [-0.15, -0.1) is 0 Å². The van der Waals surface area contributed by atoms with E-state index in [1.165, 1.54) is 0 Å². The van der Waals surface area contributed by atoms with Crippen LogP contribution < -0.4 is 9.64 Å². The van der Waals surface area contributed by atoms with Gasteiger partial charge in [0.15, 0.2) is 0 Å². The van der Waals surface area contributed by atoms with Crippen LogP contribution in [-0.4, -0.2) is 45.5 Å². The molecule has 0 amide bonds. The monoisotopic (exact) mass is 346 g/mol. The van der Waals surface area contributed by atoms with Gasteiger partial charge >= 0.3 is 0 Å². The molecule has 0 aromatic heterocycles. The molecule has 0 atom stereocenters. The zero-order chi connectivity index (χ0) is 17.0. The third kappa shape index (κ3) is 3.39. The molecule has 1 aliphatic rings. The molecular weight excluding hydrogens is 324 g/mol. The lowest BCUT2D eigenvalue weighted by Gasteiger charge is -2.36. The van der Waals surface area contributed by atoms with E-state index < -0.39 is 10.0 Å². The van der Waals surface area contributed by atoms with Crippen LogP contribution in [0.25, 0.3) is 0 Å². The lowest BCUT2D eigenvalue weighted by molar-refractivity contribution is 0.337. The standard InChI is InChI=1S/C18H22N2O3S/c1-2-23-18-11-7-6-10-17(18)19-12-14-20(15-13-19)24(21,22)16-8-4-3-5-9-16/h3-11H,2,12-15H2,1H3. The SMILES string of the molecule is CCOc1ccccc1N1CCN(S(=O)(=O)c2ccccc2)CC1. The van der Waals surface area contributed by atoms with Gasteiger partial charge in [-0.3, -0.25) is 0 Å². The van der Waals surface area contributed by atoms with Crippen molar-refractivity contribution in [2.75, 3.05) is 37.7 Å². The van der Waals surface area contributed by atoms with E-state index >= 15 is 0 Å². The summed E-state index contributed by atoms with van der Waals surface area (Å²) in [5.74, 6) is 0.847. The summed E-state index contributed by atoms with van der Waals surface area (Å²) in [6.45, 7) is 4.81. The van der Waals surface area contributed by atoms with Crippen LogP contribution in [-0.2, 0) is 10.0 Å². The maximum Gasteiger partial charge on any atom is 0.243 e. The number of para-hydroxylation sites is 2. The van der Waals surface area contributed by atoms with Crippen LogP contribution in [0.5, 0.6) is 5.75 Å². The van der Waals surface area contributed by atoms with E-state index in [1.54, 1.807) is 28.6 Å². The molecule has 1 fully saturated rings. The summed E-state index contributed by atoms with van der Waals surface area (Å²) in [5.41, 5.74) is 1.02. The number of anilines is 1. The number of piperazine rings is 1. The number of sulfonamides is 1. The Labute approximate surface area is 143 Å². The Hall–Kier alpha value is -2.05. The van der Waals surface area contributed by atoms with E-state index in [1.807, 2.05) is 37.3 Å². The van der Waals surface area contributed by atoms with Crippen LogP contribution in [0, 0.1) is 0 Å². The highest BCUT2D eigenvalue weighted by Crippen LogP contribution is 2.29. The molecule has 6 heteroatoms. The highest BCUT2D eigenvalue weighted by molar-refractivity contribution is 7.89. The van der Waals surface area contributed by atoms with Gasteiger partial charge in [0.05, 0.1) is 17.2 Å². The molecule has 5 nitrogen and oxygen atoms in total. The quantitative estimate of drug-likeness (QED) is 0.835. The minimum Gasteiger partial charge on any atom is -0.492 e. The lowest BCUT2D eigenvalue weighted by Crippen LogP contribution is -2.48. The van der Waals surface area contributed by atoms with Crippen LogP contribution in [0.15, 0.2) is 59.5 Å². The predicted octanol–water partition coefficient (Wildman–Crippen LogP) is 2.60. The van der Waals surface area contributed by atoms with Crippen molar-refractivity contribution in [2.24, 2.45) is 0 Å². The first kappa shape index (κ1) is 16.8. The van der Waals surface area contributed by atoms with Gasteiger partial charge in [0.2, 0.25) is 10.0 Å². The fourth-order valence-corrected chi connectivity index (χ4v) is 4.35. The summed E-state index contributed by atoms with van der Waals surface area (Å²) in [5, 5.41) is 0. The van der Waals surface area contributed by atoms with Gasteiger partial charge in [-0.1, -0.05) is 30.3 Å². The van der Waals surface area contributed by atoms with E-state index in [0.717, 1.165) is 11.4 Å². The van der Waals surface area contributed by atoms with E-state index in [0.29, 0.717) is 37.7 Å². The Kier molecular flexibility index (Phi) is 5.06. The van der Waals surface area contributed by atoms with Crippen LogP contribution in [0.4, 0.5) is 5.69 Å². The lowest BCUT2D eigenvalue weighted by atomic mass is 10.2. The number of nitrogens with zero attached hydrogens (tertiary/aromatic N) is 2. The van der Waals surface area contributed by atoms with Gasteiger partial charge in [-0.05, 0) is 31.2 Å². The first-order valence-corrected chi connectivity index (χ1v) is 9.59. The van der Waals surface area contributed by atoms with Gasteiger partial charge in [0.25, 0.3) is 0 Å². The van der Waals surface area contributed by atoms with E-state index in [9.17, 15) is 8.42 Å². The molecule has 1 aliphatic heterocycles. The number of hydrogen-bond donors (Lipinski definition) is 0. The van der Waals surface area contributed by atoms with Crippen molar-refractivity contribution in [3.05, 3.63) is 54.6 Å². The van der Waals surface area contributed by atoms with Crippen molar-refractivity contribution in [1.29, 1.82) is 0 Å². The van der Waals surface area contributed by atoms with Crippen LogP contribution in [0.1, 0.15) is 6.92 Å². The molecule has 0 spiro atoms. The van der Waals surface area contributed by atoms with Gasteiger partial charge in [0, 0.05) is 26.2 Å². The van der Waals surface area contributed by atoms with Crippen LogP contribution in [0.2, 0.25) is 0 Å². The minimum atomic E-state index is -3.41. The molecule has 3 rings (SSSR count). The van der Waals surface area contributed by atoms with E-state index in [-0.39, 0.29) is 0 Å². The summed E-state index contributed by atoms with van der Waals surface area (Å²) >= 11 is 0. The molecule has 2 aromatic carbocycles. The fourth-order valence-electron chi connectivity index (χ4n) is 2.91. The predicted molar refractivity (Wildman–Crippen MR) is 95.0 cm³/mol. The molecular formula is C18H22N2O3S. The van der Waals surface area contributed by atoms with Crippen molar-refractivity contribution >= 4 is 15.7 Å². The number of hydrogen-bond acceptors (Lipinski definition) is 4. The largest absolute Gasteiger partial charge is 0.492 e. The Balaban J connectivity index is 1.73. The second-order valence-corrected chi connectivity index (χ2v) is 7.54. The normalized spacial score (nSPS) is 16.1. The second kappa shape index (κ2) is 7.23. The Morgan fingerprint density at radius 2 is 1.54 bits per heavy atom. The number of benzene rings is 2. The van der Waals surface area contributed by atoms with Crippen LogP contribution >= 0.6 is 0 Å². The maximum absolute atomic E-state index is 12.7. The maximum atomic E-state index is 12.7. The first-order chi connectivity index (χ1) is 11.6. The molecule has 0 saturated carbocycles. The van der Waals surface area contributed by atoms with Crippen molar-refractivity contribution in [2.45, 2.75) is 11.8 Å². The third-order valence-corrected chi connectivity index (χ3v) is 6.04. The summed E-state index contributed by atoms with van der Waals surface area (Å²) in [4.78, 5) is 2.54. The summed E-state index contributed by atoms with van der Waals surface area (Å²) in [6, 6.07) is 16.5. The second-order valence-electron chi connectivity index (χ2n) is 5.60. The molecule has 128 valence electrons. The number of rotatable bonds is 5. The number of ether oxygens (including phenoxy) is 1. The third-order valence-electron chi connectivity index (χ3n) is 4.13. The molecule has 0 unspecified atom stereocenters. The summed E-state index contributed by atoms with van der Waals surface area (Å²) in [6.07, 6.45) is 0. The van der Waals surface area contributed by atoms with E-state index in [4.69, 9.17) is 4.74 Å². The minimum absolute atomic E-state index is 0.355. The van der Waals surface area contributed by atoms with Gasteiger partial charge in [-0.2, -0.15) is 4.31 Å². The summed E-state index contributed by atoms with van der Waals surface area (Å²) < 4.78 is 32.6. The van der Waals surface area contributed by atoms with Gasteiger partial charge < -0.3 is 9.64 Å². The van der Waals surface area contributed by atoms with Crippen molar-refractivity contribution in [3.63, 3.8) is 0 Å². The van der Waals surface area contributed by atoms with Gasteiger partial charge in [0.1, 0.15) is 5.75 Å². The average molecular weight is 346 g/mol. The molecule has 24 heavy (non-hydrogen) atoms. The Bertz CT molecular complexity index is 770. The molecule has 0 bridgehead atoms. The summed E-state index contributed by atoms with van der Waals surface area (Å²) in [7, 11) is -3.41. The van der Waals surface area contributed by atoms with E-state index in [2.05, 4.69) is 4.90 Å². The molecule has 1 saturated heterocycles. The molecule has 0 N–H and O–H groups in total. The molecule has 2 aromatic rings. The molecule has 0 aliphatic carbocycles. The highest BCUT2D eigenvalue weighted by atomic mass is 32.2. The smallest absolute Gasteiger partial charge is 0.243 e. The van der Waals surface area contributed by atoms with Crippen molar-refractivity contribution < 1.29 is 13.2 Å². The highest BCUT2D eigenvalue weighted by Gasteiger charge is 2.29. The van der Waals surface area contributed by atoms with Crippen LogP contribution in [0.3, 0.4) is 0 Å². The zero-order valence-corrected chi connectivity index (χ0v) is 14.6. The van der Waals surface area contributed by atoms with Crippen molar-refractivity contribution in [3.8, 4) is 5.75 Å².